The zero-order valence-corrected chi connectivity index (χ0v) is 13.7. The van der Waals surface area contributed by atoms with Gasteiger partial charge >= 0.3 is 0 Å². The van der Waals surface area contributed by atoms with Gasteiger partial charge in [-0.05, 0) is 37.3 Å². The zero-order chi connectivity index (χ0) is 17.2. The number of oxime groups is 1. The first-order valence-electron chi connectivity index (χ1n) is 7.48. The second-order valence-electron chi connectivity index (χ2n) is 4.71. The van der Waals surface area contributed by atoms with E-state index in [2.05, 4.69) is 10.5 Å². The Kier molecular flexibility index (Phi) is 6.70. The first kappa shape index (κ1) is 17.4. The van der Waals surface area contributed by atoms with Gasteiger partial charge in [-0.1, -0.05) is 5.16 Å². The van der Waals surface area contributed by atoms with Crippen molar-refractivity contribution in [2.24, 2.45) is 5.16 Å². The van der Waals surface area contributed by atoms with E-state index in [0.717, 1.165) is 5.56 Å². The highest BCUT2D eigenvalue weighted by atomic mass is 16.6. The van der Waals surface area contributed by atoms with Crippen LogP contribution in [0.3, 0.4) is 0 Å². The van der Waals surface area contributed by atoms with E-state index < -0.39 is 0 Å². The van der Waals surface area contributed by atoms with Gasteiger partial charge < -0.3 is 24.0 Å². The van der Waals surface area contributed by atoms with Crippen molar-refractivity contribution in [3.63, 3.8) is 0 Å². The van der Waals surface area contributed by atoms with Gasteiger partial charge in [0.1, 0.15) is 5.76 Å². The van der Waals surface area contributed by atoms with E-state index in [1.165, 1.54) is 6.21 Å². The Hall–Kier alpha value is -2.96. The fraction of sp³-hybridized carbons (Fsp3) is 0.294. The maximum atomic E-state index is 11.6. The molecule has 0 aliphatic carbocycles. The monoisotopic (exact) mass is 332 g/mol. The summed E-state index contributed by atoms with van der Waals surface area (Å²) in [6.45, 7) is 2.60. The normalized spacial score (nSPS) is 10.6. The molecule has 0 radical (unpaired) electrons. The van der Waals surface area contributed by atoms with E-state index in [1.54, 1.807) is 37.6 Å². The van der Waals surface area contributed by atoms with E-state index in [0.29, 0.717) is 30.4 Å². The molecule has 0 saturated heterocycles. The summed E-state index contributed by atoms with van der Waals surface area (Å²) in [5, 5.41) is 6.43. The average Bonchev–Trinajstić information content (AvgIpc) is 3.11. The van der Waals surface area contributed by atoms with Gasteiger partial charge in [0, 0.05) is 5.56 Å². The average molecular weight is 332 g/mol. The van der Waals surface area contributed by atoms with Crippen LogP contribution < -0.4 is 14.8 Å². The number of carbonyl (C=O) groups is 1. The molecule has 0 fully saturated rings. The number of nitrogens with one attached hydrogen (secondary N) is 1. The molecule has 1 aromatic heterocycles. The van der Waals surface area contributed by atoms with Crippen LogP contribution >= 0.6 is 0 Å². The largest absolute Gasteiger partial charge is 0.493 e. The molecule has 1 heterocycles. The number of hydrogen-bond acceptors (Lipinski definition) is 6. The molecule has 0 unspecified atom stereocenters. The number of amides is 1. The molecule has 1 aromatic carbocycles. The zero-order valence-electron chi connectivity index (χ0n) is 13.7. The van der Waals surface area contributed by atoms with E-state index in [-0.39, 0.29) is 12.5 Å². The van der Waals surface area contributed by atoms with Crippen LogP contribution in [0.1, 0.15) is 18.2 Å². The number of hydrogen-bond donors (Lipinski definition) is 1. The van der Waals surface area contributed by atoms with Crippen LogP contribution in [-0.4, -0.2) is 32.4 Å². The third-order valence-electron chi connectivity index (χ3n) is 3.00. The van der Waals surface area contributed by atoms with E-state index in [9.17, 15) is 4.79 Å². The molecule has 0 saturated carbocycles. The Balaban J connectivity index is 1.77. The molecule has 1 amide bonds. The second kappa shape index (κ2) is 9.24. The lowest BCUT2D eigenvalue weighted by Gasteiger charge is -2.09. The van der Waals surface area contributed by atoms with Crippen molar-refractivity contribution in [2.75, 3.05) is 20.3 Å². The van der Waals surface area contributed by atoms with Crippen LogP contribution in [0, 0.1) is 0 Å². The molecule has 0 bridgehead atoms. The third kappa shape index (κ3) is 5.35. The van der Waals surface area contributed by atoms with Crippen LogP contribution in [-0.2, 0) is 16.2 Å². The van der Waals surface area contributed by atoms with Crippen molar-refractivity contribution in [2.45, 2.75) is 13.5 Å². The number of benzene rings is 1. The van der Waals surface area contributed by atoms with Crippen molar-refractivity contribution >= 4 is 12.1 Å². The van der Waals surface area contributed by atoms with Crippen LogP contribution in [0.5, 0.6) is 11.5 Å². The van der Waals surface area contributed by atoms with E-state index in [1.807, 2.05) is 13.0 Å². The molecule has 0 atom stereocenters. The Morgan fingerprint density at radius 1 is 1.33 bits per heavy atom. The summed E-state index contributed by atoms with van der Waals surface area (Å²) < 4.78 is 15.8. The predicted molar refractivity (Wildman–Crippen MR) is 88.3 cm³/mol. The van der Waals surface area contributed by atoms with Crippen LogP contribution in [0.15, 0.2) is 46.2 Å². The van der Waals surface area contributed by atoms with Crippen molar-refractivity contribution in [3.8, 4) is 11.5 Å². The summed E-state index contributed by atoms with van der Waals surface area (Å²) in [7, 11) is 1.57. The van der Waals surface area contributed by atoms with Crippen LogP contribution in [0.4, 0.5) is 0 Å². The van der Waals surface area contributed by atoms with E-state index in [4.69, 9.17) is 18.7 Å². The standard InChI is InChI=1S/C17H20N2O5/c1-3-22-15-7-6-13(9-16(15)21-2)10-19-24-12-17(20)18-11-14-5-4-8-23-14/h4-10H,3,11-12H2,1-2H3,(H,18,20)/b19-10-. The highest BCUT2D eigenvalue weighted by Gasteiger charge is 2.05. The summed E-state index contributed by atoms with van der Waals surface area (Å²) in [4.78, 5) is 16.6. The molecular formula is C17H20N2O5. The number of carbonyl (C=O) groups excluding carboxylic acids is 1. The summed E-state index contributed by atoms with van der Waals surface area (Å²) in [5.74, 6) is 1.66. The third-order valence-corrected chi connectivity index (χ3v) is 3.00. The minimum Gasteiger partial charge on any atom is -0.493 e. The Labute approximate surface area is 140 Å². The number of furan rings is 1. The molecule has 0 spiro atoms. The van der Waals surface area contributed by atoms with Crippen molar-refractivity contribution in [1.82, 2.24) is 5.32 Å². The van der Waals surface area contributed by atoms with Crippen molar-refractivity contribution < 1.29 is 23.5 Å². The van der Waals surface area contributed by atoms with Gasteiger partial charge in [0.25, 0.3) is 5.91 Å². The lowest BCUT2D eigenvalue weighted by molar-refractivity contribution is -0.125. The minimum atomic E-state index is -0.284. The first-order valence-corrected chi connectivity index (χ1v) is 7.48. The molecule has 24 heavy (non-hydrogen) atoms. The molecular weight excluding hydrogens is 312 g/mol. The first-order chi connectivity index (χ1) is 11.7. The van der Waals surface area contributed by atoms with Gasteiger partial charge in [-0.25, -0.2) is 0 Å². The number of rotatable bonds is 9. The van der Waals surface area contributed by atoms with Crippen molar-refractivity contribution in [3.05, 3.63) is 47.9 Å². The summed E-state index contributed by atoms with van der Waals surface area (Å²) in [6.07, 6.45) is 3.05. The highest BCUT2D eigenvalue weighted by molar-refractivity contribution is 5.81. The number of methoxy groups -OCH3 is 1. The van der Waals surface area contributed by atoms with Crippen molar-refractivity contribution in [1.29, 1.82) is 0 Å². The maximum absolute atomic E-state index is 11.6. The van der Waals surface area contributed by atoms with E-state index >= 15 is 0 Å². The molecule has 1 N–H and O–H groups in total. The minimum absolute atomic E-state index is 0.175. The number of nitrogens with zero attached hydrogens (tertiary/aromatic N) is 1. The maximum Gasteiger partial charge on any atom is 0.261 e. The molecule has 7 heteroatoms. The highest BCUT2D eigenvalue weighted by Crippen LogP contribution is 2.27. The Morgan fingerprint density at radius 2 is 2.21 bits per heavy atom. The Morgan fingerprint density at radius 3 is 2.92 bits per heavy atom. The fourth-order valence-electron chi connectivity index (χ4n) is 1.88. The topological polar surface area (TPSA) is 82.3 Å². The predicted octanol–water partition coefficient (Wildman–Crippen LogP) is 2.35. The lowest BCUT2D eigenvalue weighted by atomic mass is 10.2. The van der Waals surface area contributed by atoms with Gasteiger partial charge in [0.05, 0.1) is 32.7 Å². The lowest BCUT2D eigenvalue weighted by Crippen LogP contribution is -2.26. The molecule has 128 valence electrons. The summed E-state index contributed by atoms with van der Waals surface area (Å²) in [5.41, 5.74) is 0.770. The van der Waals surface area contributed by atoms with Gasteiger partial charge in [-0.2, -0.15) is 0 Å². The smallest absolute Gasteiger partial charge is 0.261 e. The van der Waals surface area contributed by atoms with Gasteiger partial charge in [-0.3, -0.25) is 4.79 Å². The summed E-state index contributed by atoms with van der Waals surface area (Å²) in [6, 6.07) is 8.91. The van der Waals surface area contributed by atoms with Gasteiger partial charge in [0.2, 0.25) is 0 Å². The van der Waals surface area contributed by atoms with Crippen LogP contribution in [0.25, 0.3) is 0 Å². The molecule has 2 rings (SSSR count). The second-order valence-corrected chi connectivity index (χ2v) is 4.71. The summed E-state index contributed by atoms with van der Waals surface area (Å²) >= 11 is 0. The molecule has 0 aliphatic heterocycles. The van der Waals surface area contributed by atoms with Gasteiger partial charge in [0.15, 0.2) is 18.1 Å². The number of ether oxygens (including phenoxy) is 2. The SMILES string of the molecule is CCOc1ccc(/C=N\OCC(=O)NCc2ccco2)cc1OC. The molecule has 2 aromatic rings. The molecule has 0 aliphatic rings. The fourth-order valence-corrected chi connectivity index (χ4v) is 1.88. The van der Waals surface area contributed by atoms with Crippen LogP contribution in [0.2, 0.25) is 0 Å². The Bertz CT molecular complexity index is 668. The van der Waals surface area contributed by atoms with Gasteiger partial charge in [-0.15, -0.1) is 0 Å². The molecule has 7 nitrogen and oxygen atoms in total. The quantitative estimate of drug-likeness (QED) is 0.563.